The molecule has 0 aromatic heterocycles. The fraction of sp³-hybridized carbons (Fsp3) is 0.364. The van der Waals surface area contributed by atoms with Crippen molar-refractivity contribution >= 4 is 12.0 Å². The number of carbonyl (C=O) groups excluding carboxylic acids is 1. The lowest BCUT2D eigenvalue weighted by molar-refractivity contribution is -0.384. The highest BCUT2D eigenvalue weighted by Crippen LogP contribution is 2.30. The molecule has 1 aliphatic rings. The number of rotatable bonds is 5. The minimum Gasteiger partial charge on any atom is -0.493 e. The summed E-state index contributed by atoms with van der Waals surface area (Å²) in [6.07, 6.45) is 2.89. The molecule has 1 fully saturated rings. The Morgan fingerprint density at radius 2 is 2.25 bits per heavy atom. The highest BCUT2D eigenvalue weighted by molar-refractivity contribution is 5.80. The molecule has 0 N–H and O–H groups in total. The number of nitro benzene ring substituents is 1. The van der Waals surface area contributed by atoms with Crippen LogP contribution in [0.5, 0.6) is 5.75 Å². The highest BCUT2D eigenvalue weighted by Gasteiger charge is 2.22. The van der Waals surface area contributed by atoms with E-state index in [0.717, 1.165) is 12.8 Å². The molecule has 5 nitrogen and oxygen atoms in total. The van der Waals surface area contributed by atoms with Crippen molar-refractivity contribution in [3.63, 3.8) is 0 Å². The molecule has 16 heavy (non-hydrogen) atoms. The maximum absolute atomic E-state index is 10.8. The van der Waals surface area contributed by atoms with E-state index < -0.39 is 4.92 Å². The highest BCUT2D eigenvalue weighted by atomic mass is 16.6. The molecule has 1 aromatic rings. The molecule has 0 atom stereocenters. The minimum atomic E-state index is -0.530. The van der Waals surface area contributed by atoms with Gasteiger partial charge in [-0.1, -0.05) is 0 Å². The van der Waals surface area contributed by atoms with Crippen LogP contribution in [0.15, 0.2) is 18.2 Å². The van der Waals surface area contributed by atoms with Crippen molar-refractivity contribution in [1.82, 2.24) is 0 Å². The van der Waals surface area contributed by atoms with E-state index in [9.17, 15) is 14.9 Å². The zero-order chi connectivity index (χ0) is 11.5. The van der Waals surface area contributed by atoms with Gasteiger partial charge in [0.05, 0.1) is 17.1 Å². The van der Waals surface area contributed by atoms with Gasteiger partial charge in [0.2, 0.25) is 0 Å². The van der Waals surface area contributed by atoms with Crippen molar-refractivity contribution in [2.45, 2.75) is 12.8 Å². The molecule has 2 rings (SSSR count). The van der Waals surface area contributed by atoms with E-state index in [1.807, 2.05) is 0 Å². The minimum absolute atomic E-state index is 0.0964. The standard InChI is InChI=1S/C11H11NO4/c13-6-9-5-10(12(14)15)3-4-11(9)16-7-8-1-2-8/h3-6,8H,1-2,7H2. The van der Waals surface area contributed by atoms with Gasteiger partial charge in [0.1, 0.15) is 5.75 Å². The summed E-state index contributed by atoms with van der Waals surface area (Å²) in [7, 11) is 0. The zero-order valence-corrected chi connectivity index (χ0v) is 8.59. The number of hydrogen-bond donors (Lipinski definition) is 0. The number of non-ortho nitro benzene ring substituents is 1. The largest absolute Gasteiger partial charge is 0.493 e. The van der Waals surface area contributed by atoms with Crippen LogP contribution in [-0.2, 0) is 0 Å². The molecule has 0 saturated heterocycles. The van der Waals surface area contributed by atoms with Gasteiger partial charge in [-0.25, -0.2) is 0 Å². The number of nitrogens with zero attached hydrogens (tertiary/aromatic N) is 1. The first-order valence-electron chi connectivity index (χ1n) is 5.07. The first-order chi connectivity index (χ1) is 7.70. The van der Waals surface area contributed by atoms with E-state index in [2.05, 4.69) is 0 Å². The normalized spacial score (nSPS) is 14.5. The number of hydrogen-bond acceptors (Lipinski definition) is 4. The van der Waals surface area contributed by atoms with Gasteiger partial charge in [-0.15, -0.1) is 0 Å². The van der Waals surface area contributed by atoms with Crippen LogP contribution in [0.25, 0.3) is 0 Å². The Kier molecular flexibility index (Phi) is 2.85. The molecule has 84 valence electrons. The SMILES string of the molecule is O=Cc1cc([N+](=O)[O-])ccc1OCC1CC1. The van der Waals surface area contributed by atoms with Gasteiger partial charge in [-0.3, -0.25) is 14.9 Å². The van der Waals surface area contributed by atoms with Crippen molar-refractivity contribution in [1.29, 1.82) is 0 Å². The molecular weight excluding hydrogens is 210 g/mol. The van der Waals surface area contributed by atoms with Gasteiger partial charge in [0, 0.05) is 12.1 Å². The first kappa shape index (κ1) is 10.6. The molecule has 1 aliphatic carbocycles. The first-order valence-corrected chi connectivity index (χ1v) is 5.07. The van der Waals surface area contributed by atoms with E-state index in [1.165, 1.54) is 18.2 Å². The molecule has 0 radical (unpaired) electrons. The predicted octanol–water partition coefficient (Wildman–Crippen LogP) is 2.20. The Morgan fingerprint density at radius 3 is 2.81 bits per heavy atom. The summed E-state index contributed by atoms with van der Waals surface area (Å²) >= 11 is 0. The lowest BCUT2D eigenvalue weighted by Crippen LogP contribution is -2.02. The van der Waals surface area contributed by atoms with E-state index >= 15 is 0 Å². The third kappa shape index (κ3) is 2.36. The van der Waals surface area contributed by atoms with E-state index in [1.54, 1.807) is 0 Å². The van der Waals surface area contributed by atoms with E-state index in [0.29, 0.717) is 24.6 Å². The monoisotopic (exact) mass is 221 g/mol. The molecule has 0 spiro atoms. The summed E-state index contributed by atoms with van der Waals surface area (Å²) in [6.45, 7) is 0.582. The van der Waals surface area contributed by atoms with Crippen molar-refractivity contribution in [2.24, 2.45) is 5.92 Å². The number of ether oxygens (including phenoxy) is 1. The fourth-order valence-electron chi connectivity index (χ4n) is 1.37. The molecule has 1 aromatic carbocycles. The topological polar surface area (TPSA) is 69.4 Å². The lowest BCUT2D eigenvalue weighted by atomic mass is 10.2. The van der Waals surface area contributed by atoms with Gasteiger partial charge in [-0.05, 0) is 24.8 Å². The Labute approximate surface area is 92.2 Å². The zero-order valence-electron chi connectivity index (χ0n) is 8.59. The summed E-state index contributed by atoms with van der Waals surface area (Å²) < 4.78 is 5.43. The van der Waals surface area contributed by atoms with Crippen LogP contribution in [0, 0.1) is 16.0 Å². The van der Waals surface area contributed by atoms with Crippen molar-refractivity contribution in [3.8, 4) is 5.75 Å². The second kappa shape index (κ2) is 4.30. The summed E-state index contributed by atoms with van der Waals surface area (Å²) in [6, 6.07) is 4.05. The maximum atomic E-state index is 10.8. The smallest absolute Gasteiger partial charge is 0.270 e. The second-order valence-electron chi connectivity index (χ2n) is 3.85. The summed E-state index contributed by atoms with van der Waals surface area (Å²) in [5.41, 5.74) is 0.135. The average Bonchev–Trinajstić information content (AvgIpc) is 3.09. The van der Waals surface area contributed by atoms with Gasteiger partial charge in [0.25, 0.3) is 5.69 Å². The predicted molar refractivity (Wildman–Crippen MR) is 56.7 cm³/mol. The Bertz CT molecular complexity index is 426. The van der Waals surface area contributed by atoms with Crippen LogP contribution in [0.1, 0.15) is 23.2 Å². The van der Waals surface area contributed by atoms with Crippen molar-refractivity contribution in [2.75, 3.05) is 6.61 Å². The summed E-state index contributed by atoms with van der Waals surface area (Å²) in [5, 5.41) is 10.5. The molecule has 5 heteroatoms. The lowest BCUT2D eigenvalue weighted by Gasteiger charge is -2.06. The Hall–Kier alpha value is -1.91. The molecule has 0 amide bonds. The van der Waals surface area contributed by atoms with Crippen LogP contribution < -0.4 is 4.74 Å². The van der Waals surface area contributed by atoms with Crippen LogP contribution in [0.3, 0.4) is 0 Å². The van der Waals surface area contributed by atoms with E-state index in [4.69, 9.17) is 4.74 Å². The Balaban J connectivity index is 2.16. The van der Waals surface area contributed by atoms with Crippen LogP contribution >= 0.6 is 0 Å². The third-order valence-electron chi connectivity index (χ3n) is 2.50. The van der Waals surface area contributed by atoms with Crippen LogP contribution in [0.2, 0.25) is 0 Å². The van der Waals surface area contributed by atoms with Crippen LogP contribution in [-0.4, -0.2) is 17.8 Å². The summed E-state index contributed by atoms with van der Waals surface area (Å²) in [5.74, 6) is 1.00. The quantitative estimate of drug-likeness (QED) is 0.434. The van der Waals surface area contributed by atoms with Gasteiger partial charge in [-0.2, -0.15) is 0 Å². The van der Waals surface area contributed by atoms with E-state index in [-0.39, 0.29) is 11.3 Å². The molecule has 0 aliphatic heterocycles. The maximum Gasteiger partial charge on any atom is 0.270 e. The molecular formula is C11H11NO4. The van der Waals surface area contributed by atoms with Gasteiger partial charge >= 0.3 is 0 Å². The molecule has 0 bridgehead atoms. The fourth-order valence-corrected chi connectivity index (χ4v) is 1.37. The van der Waals surface area contributed by atoms with Crippen molar-refractivity contribution < 1.29 is 14.5 Å². The number of carbonyl (C=O) groups is 1. The molecule has 1 saturated carbocycles. The van der Waals surface area contributed by atoms with Gasteiger partial charge in [0.15, 0.2) is 6.29 Å². The van der Waals surface area contributed by atoms with Crippen molar-refractivity contribution in [3.05, 3.63) is 33.9 Å². The second-order valence-corrected chi connectivity index (χ2v) is 3.85. The van der Waals surface area contributed by atoms with Gasteiger partial charge < -0.3 is 4.74 Å². The Morgan fingerprint density at radius 1 is 1.50 bits per heavy atom. The third-order valence-corrected chi connectivity index (χ3v) is 2.50. The molecule has 0 heterocycles. The molecule has 0 unspecified atom stereocenters. The number of aldehydes is 1. The summed E-state index contributed by atoms with van der Waals surface area (Å²) in [4.78, 5) is 20.7. The number of nitro groups is 1. The van der Waals surface area contributed by atoms with Crippen LogP contribution in [0.4, 0.5) is 5.69 Å². The number of benzene rings is 1. The average molecular weight is 221 g/mol.